The zero-order valence-electron chi connectivity index (χ0n) is 17.0. The van der Waals surface area contributed by atoms with Crippen LogP contribution < -0.4 is 5.32 Å². The fourth-order valence-corrected chi connectivity index (χ4v) is 3.69. The van der Waals surface area contributed by atoms with Gasteiger partial charge in [-0.2, -0.15) is 0 Å². The number of rotatable bonds is 5. The molecule has 156 valence electrons. The lowest BCUT2D eigenvalue weighted by atomic mass is 10.2. The lowest BCUT2D eigenvalue weighted by molar-refractivity contribution is -0.384. The molecular weight excluding hydrogens is 396 g/mol. The highest BCUT2D eigenvalue weighted by Crippen LogP contribution is 2.25. The number of carbonyl (C=O) groups excluding carboxylic acids is 2. The summed E-state index contributed by atoms with van der Waals surface area (Å²) >= 11 is 0. The molecule has 8 nitrogen and oxygen atoms in total. The maximum Gasteiger partial charge on any atom is 0.329 e. The van der Waals surface area contributed by atoms with Gasteiger partial charge in [-0.1, -0.05) is 30.3 Å². The van der Waals surface area contributed by atoms with E-state index < -0.39 is 11.0 Å². The molecule has 3 aromatic rings. The van der Waals surface area contributed by atoms with E-state index in [2.05, 4.69) is 5.32 Å². The minimum atomic E-state index is -0.454. The molecule has 0 spiro atoms. The summed E-state index contributed by atoms with van der Waals surface area (Å²) in [4.78, 5) is 36.8. The number of nitrogens with zero attached hydrogens (tertiary/aromatic N) is 3. The molecule has 0 radical (unpaired) electrons. The summed E-state index contributed by atoms with van der Waals surface area (Å²) in [5.41, 5.74) is 4.40. The van der Waals surface area contributed by atoms with E-state index in [0.29, 0.717) is 0 Å². The summed E-state index contributed by atoms with van der Waals surface area (Å²) in [6.45, 7) is 4.00. The van der Waals surface area contributed by atoms with Crippen LogP contribution in [0.4, 0.5) is 10.5 Å². The highest BCUT2D eigenvalue weighted by Gasteiger charge is 2.33. The highest BCUT2D eigenvalue weighted by molar-refractivity contribution is 6.14. The van der Waals surface area contributed by atoms with Gasteiger partial charge in [0.2, 0.25) is 0 Å². The van der Waals surface area contributed by atoms with Gasteiger partial charge in [-0.05, 0) is 49.2 Å². The first-order chi connectivity index (χ1) is 14.8. The molecule has 0 saturated carbocycles. The average molecular weight is 416 g/mol. The third kappa shape index (κ3) is 3.83. The molecule has 4 rings (SSSR count). The molecule has 0 bridgehead atoms. The predicted molar refractivity (Wildman–Crippen MR) is 115 cm³/mol. The number of amides is 3. The zero-order chi connectivity index (χ0) is 22.1. The van der Waals surface area contributed by atoms with E-state index in [1.165, 1.54) is 17.0 Å². The van der Waals surface area contributed by atoms with Gasteiger partial charge in [0.05, 0.1) is 11.5 Å². The van der Waals surface area contributed by atoms with Gasteiger partial charge in [-0.15, -0.1) is 0 Å². The van der Waals surface area contributed by atoms with Crippen molar-refractivity contribution in [3.63, 3.8) is 0 Å². The first kappa shape index (κ1) is 20.1. The van der Waals surface area contributed by atoms with E-state index in [-0.39, 0.29) is 23.8 Å². The second kappa shape index (κ2) is 7.91. The number of urea groups is 1. The van der Waals surface area contributed by atoms with Crippen LogP contribution >= 0.6 is 0 Å². The number of nitrogens with one attached hydrogen (secondary N) is 1. The van der Waals surface area contributed by atoms with Crippen molar-refractivity contribution < 1.29 is 14.5 Å². The molecule has 2 heterocycles. The average Bonchev–Trinajstić information content (AvgIpc) is 3.18. The van der Waals surface area contributed by atoms with Gasteiger partial charge >= 0.3 is 6.03 Å². The molecule has 1 aliphatic heterocycles. The lowest BCUT2D eigenvalue weighted by Gasteiger charge is -2.11. The van der Waals surface area contributed by atoms with Gasteiger partial charge in [0.25, 0.3) is 11.6 Å². The predicted octanol–water partition coefficient (Wildman–Crippen LogP) is 4.10. The standard InChI is InChI=1S/C23H20N4O4/c1-15-12-18(16(2)26(15)19-8-10-20(11-9-19)27(30)31)13-21-22(28)25(23(29)24-21)14-17-6-4-3-5-7-17/h3-13H,14H2,1-2H3,(H,24,29)/b21-13-. The first-order valence-electron chi connectivity index (χ1n) is 9.67. The maximum absolute atomic E-state index is 12.8. The van der Waals surface area contributed by atoms with Crippen molar-refractivity contribution in [2.24, 2.45) is 0 Å². The van der Waals surface area contributed by atoms with Crippen LogP contribution in [0, 0.1) is 24.0 Å². The van der Waals surface area contributed by atoms with Crippen LogP contribution in [0.2, 0.25) is 0 Å². The number of benzene rings is 2. The second-order valence-electron chi connectivity index (χ2n) is 7.30. The Bertz CT molecular complexity index is 1210. The molecule has 31 heavy (non-hydrogen) atoms. The summed E-state index contributed by atoms with van der Waals surface area (Å²) in [6, 6.07) is 17.0. The molecule has 1 N–H and O–H groups in total. The van der Waals surface area contributed by atoms with Gasteiger partial charge in [-0.3, -0.25) is 19.8 Å². The van der Waals surface area contributed by atoms with Crippen LogP contribution in [0.5, 0.6) is 0 Å². The molecule has 0 aliphatic carbocycles. The van der Waals surface area contributed by atoms with Crippen molar-refractivity contribution in [2.75, 3.05) is 0 Å². The molecule has 1 aliphatic rings. The largest absolute Gasteiger partial charge is 0.329 e. The van der Waals surface area contributed by atoms with Gasteiger partial charge in [0.1, 0.15) is 5.70 Å². The van der Waals surface area contributed by atoms with Crippen LogP contribution in [0.3, 0.4) is 0 Å². The van der Waals surface area contributed by atoms with Crippen molar-refractivity contribution >= 4 is 23.7 Å². The van der Waals surface area contributed by atoms with Crippen LogP contribution in [0.1, 0.15) is 22.5 Å². The number of carbonyl (C=O) groups is 2. The van der Waals surface area contributed by atoms with Gasteiger partial charge in [0.15, 0.2) is 0 Å². The van der Waals surface area contributed by atoms with Crippen molar-refractivity contribution in [1.29, 1.82) is 0 Å². The summed E-state index contributed by atoms with van der Waals surface area (Å²) in [5.74, 6) is -0.381. The SMILES string of the molecule is Cc1cc(/C=C2\NC(=O)N(Cc3ccccc3)C2=O)c(C)n1-c1ccc([N+](=O)[O-])cc1. The van der Waals surface area contributed by atoms with E-state index in [9.17, 15) is 19.7 Å². The Hall–Kier alpha value is -4.20. The number of aryl methyl sites for hydroxylation is 1. The van der Waals surface area contributed by atoms with Crippen molar-refractivity contribution in [3.8, 4) is 5.69 Å². The normalized spacial score (nSPS) is 14.9. The van der Waals surface area contributed by atoms with Crippen LogP contribution in [0.15, 0.2) is 66.4 Å². The Kier molecular flexibility index (Phi) is 5.12. The van der Waals surface area contributed by atoms with E-state index in [1.54, 1.807) is 18.2 Å². The monoisotopic (exact) mass is 416 g/mol. The summed E-state index contributed by atoms with van der Waals surface area (Å²) in [7, 11) is 0. The van der Waals surface area contributed by atoms with E-state index >= 15 is 0 Å². The van der Waals surface area contributed by atoms with Gasteiger partial charge in [0, 0.05) is 29.2 Å². The van der Waals surface area contributed by atoms with Crippen LogP contribution in [-0.4, -0.2) is 26.3 Å². The quantitative estimate of drug-likeness (QED) is 0.293. The number of hydrogen-bond donors (Lipinski definition) is 1. The Morgan fingerprint density at radius 2 is 1.71 bits per heavy atom. The number of nitro groups is 1. The first-order valence-corrected chi connectivity index (χ1v) is 9.67. The zero-order valence-corrected chi connectivity index (χ0v) is 17.0. The van der Waals surface area contributed by atoms with Crippen LogP contribution in [0.25, 0.3) is 11.8 Å². The molecule has 1 fully saturated rings. The van der Waals surface area contributed by atoms with Crippen molar-refractivity contribution in [1.82, 2.24) is 14.8 Å². The summed E-state index contributed by atoms with van der Waals surface area (Å²) in [5, 5.41) is 13.6. The van der Waals surface area contributed by atoms with E-state index in [0.717, 1.165) is 28.2 Å². The van der Waals surface area contributed by atoms with E-state index in [4.69, 9.17) is 0 Å². The third-order valence-electron chi connectivity index (χ3n) is 5.23. The molecule has 3 amide bonds. The molecular formula is C23H20N4O4. The van der Waals surface area contributed by atoms with Crippen molar-refractivity contribution in [3.05, 3.63) is 99.0 Å². The van der Waals surface area contributed by atoms with E-state index in [1.807, 2.05) is 54.8 Å². The second-order valence-corrected chi connectivity index (χ2v) is 7.30. The number of nitro benzene ring substituents is 1. The lowest BCUT2D eigenvalue weighted by Crippen LogP contribution is -2.30. The Balaban J connectivity index is 1.62. The Morgan fingerprint density at radius 3 is 2.35 bits per heavy atom. The fourth-order valence-electron chi connectivity index (χ4n) is 3.69. The number of hydrogen-bond acceptors (Lipinski definition) is 4. The maximum atomic E-state index is 12.8. The van der Waals surface area contributed by atoms with Gasteiger partial charge < -0.3 is 9.88 Å². The molecule has 1 aromatic heterocycles. The molecule has 8 heteroatoms. The number of non-ortho nitro benzene ring substituents is 1. The summed E-state index contributed by atoms with van der Waals surface area (Å²) in [6.07, 6.45) is 1.66. The fraction of sp³-hybridized carbons (Fsp3) is 0.130. The molecule has 2 aromatic carbocycles. The smallest absolute Gasteiger partial charge is 0.318 e. The third-order valence-corrected chi connectivity index (χ3v) is 5.23. The number of imide groups is 1. The topological polar surface area (TPSA) is 97.5 Å². The number of aromatic nitrogens is 1. The Labute approximate surface area is 178 Å². The molecule has 0 unspecified atom stereocenters. The van der Waals surface area contributed by atoms with Crippen LogP contribution in [-0.2, 0) is 11.3 Å². The van der Waals surface area contributed by atoms with Crippen molar-refractivity contribution in [2.45, 2.75) is 20.4 Å². The summed E-state index contributed by atoms with van der Waals surface area (Å²) < 4.78 is 1.94. The highest BCUT2D eigenvalue weighted by atomic mass is 16.6. The van der Waals surface area contributed by atoms with Gasteiger partial charge in [-0.25, -0.2) is 4.79 Å². The molecule has 1 saturated heterocycles. The minimum Gasteiger partial charge on any atom is -0.318 e. The minimum absolute atomic E-state index is 0.0197. The molecule has 0 atom stereocenters. The Morgan fingerprint density at radius 1 is 1.03 bits per heavy atom.